The molecule has 0 spiro atoms. The Balaban J connectivity index is 1.73. The Morgan fingerprint density at radius 3 is 2.70 bits per heavy atom. The van der Waals surface area contributed by atoms with E-state index < -0.39 is 4.92 Å². The zero-order chi connectivity index (χ0) is 16.4. The summed E-state index contributed by atoms with van der Waals surface area (Å²) in [7, 11) is 1.62. The standard InChI is InChI=1S/C17H16N2O4/c1-23-14-6-7-15-12(8-14)10-18-16(15)9-17(20)11-2-4-13(5-3-11)19(21)22/h2-8,16,18H,9-10H2,1H3. The van der Waals surface area contributed by atoms with Gasteiger partial charge in [-0.1, -0.05) is 6.07 Å². The highest BCUT2D eigenvalue weighted by Gasteiger charge is 2.25. The minimum atomic E-state index is -0.476. The summed E-state index contributed by atoms with van der Waals surface area (Å²) in [5.74, 6) is 0.758. The molecule has 0 amide bonds. The molecular weight excluding hydrogens is 296 g/mol. The van der Waals surface area contributed by atoms with Crippen molar-refractivity contribution in [3.63, 3.8) is 0 Å². The van der Waals surface area contributed by atoms with Gasteiger partial charge in [-0.25, -0.2) is 0 Å². The van der Waals surface area contributed by atoms with Crippen molar-refractivity contribution < 1.29 is 14.5 Å². The van der Waals surface area contributed by atoms with E-state index in [0.29, 0.717) is 18.5 Å². The molecule has 118 valence electrons. The van der Waals surface area contributed by atoms with Crippen LogP contribution in [0.2, 0.25) is 0 Å². The quantitative estimate of drug-likeness (QED) is 0.521. The molecule has 1 N–H and O–H groups in total. The molecule has 1 aliphatic rings. The van der Waals surface area contributed by atoms with Gasteiger partial charge in [0.15, 0.2) is 5.78 Å². The number of carbonyl (C=O) groups excluding carboxylic acids is 1. The number of non-ortho nitro benzene ring substituents is 1. The molecule has 23 heavy (non-hydrogen) atoms. The van der Waals surface area contributed by atoms with Gasteiger partial charge in [-0.2, -0.15) is 0 Å². The minimum Gasteiger partial charge on any atom is -0.497 e. The second kappa shape index (κ2) is 6.18. The van der Waals surface area contributed by atoms with Crippen LogP contribution < -0.4 is 10.1 Å². The predicted octanol–water partition coefficient (Wildman–Crippen LogP) is 3.02. The summed E-state index contributed by atoms with van der Waals surface area (Å²) in [5.41, 5.74) is 2.70. The zero-order valence-corrected chi connectivity index (χ0v) is 12.6. The average Bonchev–Trinajstić information content (AvgIpc) is 2.97. The molecule has 1 unspecified atom stereocenters. The van der Waals surface area contributed by atoms with Crippen molar-refractivity contribution in [2.24, 2.45) is 0 Å². The summed E-state index contributed by atoms with van der Waals surface area (Å²) in [6.07, 6.45) is 0.317. The average molecular weight is 312 g/mol. The second-order valence-electron chi connectivity index (χ2n) is 5.43. The number of nitro groups is 1. The SMILES string of the molecule is COc1ccc2c(c1)CNC2CC(=O)c1ccc([N+](=O)[O-])cc1. The van der Waals surface area contributed by atoms with Crippen molar-refractivity contribution in [3.8, 4) is 5.75 Å². The van der Waals surface area contributed by atoms with Crippen molar-refractivity contribution in [1.82, 2.24) is 5.32 Å². The monoisotopic (exact) mass is 312 g/mol. The van der Waals surface area contributed by atoms with Gasteiger partial charge in [-0.15, -0.1) is 0 Å². The lowest BCUT2D eigenvalue weighted by Crippen LogP contribution is -2.16. The maximum absolute atomic E-state index is 12.4. The van der Waals surface area contributed by atoms with E-state index in [0.717, 1.165) is 16.9 Å². The van der Waals surface area contributed by atoms with Crippen LogP contribution >= 0.6 is 0 Å². The van der Waals surface area contributed by atoms with Gasteiger partial charge in [0.25, 0.3) is 5.69 Å². The van der Waals surface area contributed by atoms with E-state index in [-0.39, 0.29) is 17.5 Å². The number of nitrogens with zero attached hydrogens (tertiary/aromatic N) is 1. The highest BCUT2D eigenvalue weighted by Crippen LogP contribution is 2.31. The summed E-state index contributed by atoms with van der Waals surface area (Å²) in [5, 5.41) is 14.0. The van der Waals surface area contributed by atoms with Crippen LogP contribution in [0.4, 0.5) is 5.69 Å². The summed E-state index contributed by atoms with van der Waals surface area (Å²) in [6.45, 7) is 0.699. The lowest BCUT2D eigenvalue weighted by atomic mass is 9.97. The second-order valence-corrected chi connectivity index (χ2v) is 5.43. The molecule has 0 aromatic heterocycles. The number of nitro benzene ring substituents is 1. The van der Waals surface area contributed by atoms with Gasteiger partial charge in [0.05, 0.1) is 12.0 Å². The molecule has 0 fully saturated rings. The Morgan fingerprint density at radius 1 is 1.30 bits per heavy atom. The van der Waals surface area contributed by atoms with Gasteiger partial charge >= 0.3 is 0 Å². The molecule has 2 aromatic carbocycles. The van der Waals surface area contributed by atoms with Gasteiger partial charge in [-0.3, -0.25) is 14.9 Å². The Morgan fingerprint density at radius 2 is 2.04 bits per heavy atom. The Bertz CT molecular complexity index is 756. The first-order valence-electron chi connectivity index (χ1n) is 7.26. The summed E-state index contributed by atoms with van der Waals surface area (Å²) < 4.78 is 5.21. The number of carbonyl (C=O) groups is 1. The molecule has 0 radical (unpaired) electrons. The highest BCUT2D eigenvalue weighted by molar-refractivity contribution is 5.96. The fourth-order valence-corrected chi connectivity index (χ4v) is 2.80. The maximum Gasteiger partial charge on any atom is 0.269 e. The molecule has 1 heterocycles. The van der Waals surface area contributed by atoms with Crippen molar-refractivity contribution >= 4 is 11.5 Å². The smallest absolute Gasteiger partial charge is 0.269 e. The predicted molar refractivity (Wildman–Crippen MR) is 84.6 cm³/mol. The summed E-state index contributed by atoms with van der Waals surface area (Å²) in [4.78, 5) is 22.6. The van der Waals surface area contributed by atoms with Crippen LogP contribution in [0.3, 0.4) is 0 Å². The first-order valence-corrected chi connectivity index (χ1v) is 7.26. The highest BCUT2D eigenvalue weighted by atomic mass is 16.6. The third-order valence-electron chi connectivity index (χ3n) is 4.05. The summed E-state index contributed by atoms with van der Waals surface area (Å²) in [6, 6.07) is 11.5. The van der Waals surface area contributed by atoms with Crippen LogP contribution in [0.15, 0.2) is 42.5 Å². The number of fused-ring (bicyclic) bond motifs is 1. The first kappa shape index (κ1) is 15.2. The van der Waals surface area contributed by atoms with E-state index in [4.69, 9.17) is 4.74 Å². The largest absolute Gasteiger partial charge is 0.497 e. The van der Waals surface area contributed by atoms with Crippen LogP contribution in [0.1, 0.15) is 33.9 Å². The number of ether oxygens (including phenoxy) is 1. The van der Waals surface area contributed by atoms with Gasteiger partial charge in [0.1, 0.15) is 5.75 Å². The van der Waals surface area contributed by atoms with Crippen molar-refractivity contribution in [2.75, 3.05) is 7.11 Å². The number of Topliss-reactive ketones (excluding diaryl/α,β-unsaturated/α-hetero) is 1. The molecule has 0 aliphatic carbocycles. The lowest BCUT2D eigenvalue weighted by molar-refractivity contribution is -0.384. The van der Waals surface area contributed by atoms with Crippen molar-refractivity contribution in [3.05, 3.63) is 69.3 Å². The number of hydrogen-bond acceptors (Lipinski definition) is 5. The molecule has 0 bridgehead atoms. The Kier molecular flexibility index (Phi) is 4.08. The number of rotatable bonds is 5. The zero-order valence-electron chi connectivity index (χ0n) is 12.6. The van der Waals surface area contributed by atoms with Gasteiger partial charge in [0.2, 0.25) is 0 Å². The lowest BCUT2D eigenvalue weighted by Gasteiger charge is -2.11. The molecule has 6 heteroatoms. The minimum absolute atomic E-state index is 0.0158. The first-order chi connectivity index (χ1) is 11.1. The van der Waals surface area contributed by atoms with E-state index in [1.807, 2.05) is 18.2 Å². The van der Waals surface area contributed by atoms with Crippen LogP contribution in [-0.4, -0.2) is 17.8 Å². The number of benzene rings is 2. The Labute approximate surface area is 133 Å². The third-order valence-corrected chi connectivity index (χ3v) is 4.05. The normalized spacial score (nSPS) is 16.0. The maximum atomic E-state index is 12.4. The number of nitrogens with one attached hydrogen (secondary N) is 1. The van der Waals surface area contributed by atoms with E-state index in [9.17, 15) is 14.9 Å². The van der Waals surface area contributed by atoms with Gasteiger partial charge in [-0.05, 0) is 35.4 Å². The van der Waals surface area contributed by atoms with Crippen LogP contribution in [0.25, 0.3) is 0 Å². The van der Waals surface area contributed by atoms with Crippen molar-refractivity contribution in [2.45, 2.75) is 19.0 Å². The molecule has 3 rings (SSSR count). The van der Waals surface area contributed by atoms with Gasteiger partial charge < -0.3 is 10.1 Å². The van der Waals surface area contributed by atoms with Crippen LogP contribution in [0, 0.1) is 10.1 Å². The molecule has 1 aliphatic heterocycles. The van der Waals surface area contributed by atoms with Crippen LogP contribution in [-0.2, 0) is 6.54 Å². The number of hydrogen-bond donors (Lipinski definition) is 1. The van der Waals surface area contributed by atoms with E-state index in [1.165, 1.54) is 24.3 Å². The fourth-order valence-electron chi connectivity index (χ4n) is 2.80. The molecule has 2 aromatic rings. The van der Waals surface area contributed by atoms with E-state index in [2.05, 4.69) is 5.32 Å². The van der Waals surface area contributed by atoms with Crippen molar-refractivity contribution in [1.29, 1.82) is 0 Å². The van der Waals surface area contributed by atoms with Gasteiger partial charge in [0, 0.05) is 36.7 Å². The Hall–Kier alpha value is -2.73. The molecule has 0 saturated carbocycles. The molecule has 0 saturated heterocycles. The topological polar surface area (TPSA) is 81.5 Å². The fraction of sp³-hybridized carbons (Fsp3) is 0.235. The molecule has 1 atom stereocenters. The molecular formula is C17H16N2O4. The molecule has 6 nitrogen and oxygen atoms in total. The summed E-state index contributed by atoms with van der Waals surface area (Å²) >= 11 is 0. The van der Waals surface area contributed by atoms with E-state index >= 15 is 0 Å². The number of ketones is 1. The van der Waals surface area contributed by atoms with E-state index in [1.54, 1.807) is 7.11 Å². The number of methoxy groups -OCH3 is 1. The van der Waals surface area contributed by atoms with Crippen LogP contribution in [0.5, 0.6) is 5.75 Å². The third kappa shape index (κ3) is 3.07.